The molecule has 0 atom stereocenters. The number of halogens is 1. The van der Waals surface area contributed by atoms with Crippen molar-refractivity contribution in [1.82, 2.24) is 10.1 Å². The van der Waals surface area contributed by atoms with E-state index < -0.39 is 0 Å². The van der Waals surface area contributed by atoms with Gasteiger partial charge in [0.1, 0.15) is 0 Å². The predicted octanol–water partition coefficient (Wildman–Crippen LogP) is 3.58. The van der Waals surface area contributed by atoms with Crippen LogP contribution in [0, 0.1) is 13.8 Å². The molecule has 7 nitrogen and oxygen atoms in total. The van der Waals surface area contributed by atoms with E-state index in [0.717, 1.165) is 18.8 Å². The number of ether oxygens (including phenoxy) is 1. The topological polar surface area (TPSA) is 80.5 Å². The van der Waals surface area contributed by atoms with Crippen LogP contribution in [0.4, 0.5) is 11.4 Å². The molecule has 0 spiro atoms. The first-order valence-corrected chi connectivity index (χ1v) is 9.08. The van der Waals surface area contributed by atoms with Crippen LogP contribution in [0.25, 0.3) is 11.1 Å². The zero-order valence-electron chi connectivity index (χ0n) is 15.1. The Morgan fingerprint density at radius 2 is 2.04 bits per heavy atom. The van der Waals surface area contributed by atoms with Crippen LogP contribution < -0.4 is 10.2 Å². The van der Waals surface area contributed by atoms with Crippen LogP contribution >= 0.6 is 11.6 Å². The summed E-state index contributed by atoms with van der Waals surface area (Å²) >= 11 is 6.45. The summed E-state index contributed by atoms with van der Waals surface area (Å²) in [5, 5.41) is 8.14. The minimum atomic E-state index is -0.256. The molecule has 0 radical (unpaired) electrons. The molecule has 1 aliphatic rings. The molecule has 1 aromatic carbocycles. The van der Waals surface area contributed by atoms with E-state index in [1.807, 2.05) is 25.1 Å². The smallest absolute Gasteiger partial charge is 0.258 e. The average molecular weight is 387 g/mol. The third kappa shape index (κ3) is 3.36. The van der Waals surface area contributed by atoms with E-state index in [-0.39, 0.29) is 5.91 Å². The number of para-hydroxylation sites is 1. The second-order valence-corrected chi connectivity index (χ2v) is 6.86. The van der Waals surface area contributed by atoms with Gasteiger partial charge in [0.05, 0.1) is 46.3 Å². The molecule has 3 heterocycles. The number of aryl methyl sites for hydroxylation is 2. The summed E-state index contributed by atoms with van der Waals surface area (Å²) in [7, 11) is 0. The van der Waals surface area contributed by atoms with Gasteiger partial charge in [0, 0.05) is 18.8 Å². The third-order valence-electron chi connectivity index (χ3n) is 4.55. The molecule has 1 N–H and O–H groups in total. The summed E-state index contributed by atoms with van der Waals surface area (Å²) in [6, 6.07) is 7.22. The Morgan fingerprint density at radius 3 is 2.81 bits per heavy atom. The second-order valence-electron chi connectivity index (χ2n) is 6.45. The van der Waals surface area contributed by atoms with Gasteiger partial charge in [0.15, 0.2) is 0 Å². The lowest BCUT2D eigenvalue weighted by molar-refractivity contribution is 0.102. The fourth-order valence-corrected chi connectivity index (χ4v) is 3.61. The molecule has 0 saturated carbocycles. The van der Waals surface area contributed by atoms with Crippen molar-refractivity contribution in [2.45, 2.75) is 13.8 Å². The number of aromatic nitrogens is 2. The molecule has 8 heteroatoms. The van der Waals surface area contributed by atoms with E-state index in [1.54, 1.807) is 13.0 Å². The average Bonchev–Trinajstić information content (AvgIpc) is 3.02. The molecule has 2 aromatic heterocycles. The van der Waals surface area contributed by atoms with Crippen LogP contribution in [-0.2, 0) is 4.74 Å². The van der Waals surface area contributed by atoms with Gasteiger partial charge in [-0.2, -0.15) is 0 Å². The SMILES string of the molecule is Cc1cc(C(=O)Nc2cccc(Cl)c2N2CCOCC2)c2c(C)noc2n1. The van der Waals surface area contributed by atoms with Crippen molar-refractivity contribution in [3.05, 3.63) is 46.2 Å². The van der Waals surface area contributed by atoms with Crippen LogP contribution in [0.3, 0.4) is 0 Å². The molecule has 1 fully saturated rings. The zero-order valence-corrected chi connectivity index (χ0v) is 15.8. The molecule has 27 heavy (non-hydrogen) atoms. The number of anilines is 2. The maximum Gasteiger partial charge on any atom is 0.258 e. The Kier molecular flexibility index (Phi) is 4.72. The Balaban J connectivity index is 1.72. The number of nitrogens with one attached hydrogen (secondary N) is 1. The van der Waals surface area contributed by atoms with Gasteiger partial charge in [-0.3, -0.25) is 4.79 Å². The van der Waals surface area contributed by atoms with Crippen LogP contribution in [-0.4, -0.2) is 42.4 Å². The molecule has 1 amide bonds. The second kappa shape index (κ2) is 7.17. The minimum Gasteiger partial charge on any atom is -0.378 e. The number of benzene rings is 1. The third-order valence-corrected chi connectivity index (χ3v) is 4.86. The number of morpholine rings is 1. The predicted molar refractivity (Wildman–Crippen MR) is 104 cm³/mol. The standard InChI is InChI=1S/C19H19ClN4O3/c1-11-10-13(16-12(2)23-27-19(16)21-11)18(25)22-15-5-3-4-14(20)17(15)24-6-8-26-9-7-24/h3-5,10H,6-9H2,1-2H3,(H,22,25). The Labute approximate surface area is 161 Å². The van der Waals surface area contributed by atoms with E-state index in [4.69, 9.17) is 20.9 Å². The fourth-order valence-electron chi connectivity index (χ4n) is 3.31. The molecule has 0 aliphatic carbocycles. The first-order chi connectivity index (χ1) is 13.0. The van der Waals surface area contributed by atoms with Crippen molar-refractivity contribution < 1.29 is 14.1 Å². The van der Waals surface area contributed by atoms with Gasteiger partial charge >= 0.3 is 0 Å². The van der Waals surface area contributed by atoms with Crippen LogP contribution in [0.5, 0.6) is 0 Å². The van der Waals surface area contributed by atoms with Crippen molar-refractivity contribution in [2.24, 2.45) is 0 Å². The molecule has 1 saturated heterocycles. The van der Waals surface area contributed by atoms with Gasteiger partial charge in [-0.1, -0.05) is 22.8 Å². The van der Waals surface area contributed by atoms with Gasteiger partial charge in [-0.15, -0.1) is 0 Å². The monoisotopic (exact) mass is 386 g/mol. The van der Waals surface area contributed by atoms with E-state index in [0.29, 0.717) is 52.0 Å². The lowest BCUT2D eigenvalue weighted by atomic mass is 10.1. The lowest BCUT2D eigenvalue weighted by Gasteiger charge is -2.31. The van der Waals surface area contributed by atoms with E-state index in [2.05, 4.69) is 20.4 Å². The van der Waals surface area contributed by atoms with Crippen molar-refractivity contribution in [2.75, 3.05) is 36.5 Å². The fraction of sp³-hybridized carbons (Fsp3) is 0.316. The summed E-state index contributed by atoms with van der Waals surface area (Å²) in [5.41, 5.74) is 3.61. The largest absolute Gasteiger partial charge is 0.378 e. The number of hydrogen-bond acceptors (Lipinski definition) is 6. The Bertz CT molecular complexity index is 1010. The number of rotatable bonds is 3. The van der Waals surface area contributed by atoms with E-state index >= 15 is 0 Å². The molecular weight excluding hydrogens is 368 g/mol. The molecule has 3 aromatic rings. The van der Waals surface area contributed by atoms with Crippen molar-refractivity contribution in [3.8, 4) is 0 Å². The highest BCUT2D eigenvalue weighted by molar-refractivity contribution is 6.34. The highest BCUT2D eigenvalue weighted by atomic mass is 35.5. The van der Waals surface area contributed by atoms with Crippen molar-refractivity contribution >= 4 is 40.0 Å². The molecule has 0 unspecified atom stereocenters. The van der Waals surface area contributed by atoms with Crippen LogP contribution in [0.1, 0.15) is 21.7 Å². The van der Waals surface area contributed by atoms with Gasteiger partial charge in [-0.05, 0) is 32.0 Å². The van der Waals surface area contributed by atoms with Crippen LogP contribution in [0.2, 0.25) is 5.02 Å². The maximum absolute atomic E-state index is 13.1. The number of carbonyl (C=O) groups is 1. The molecule has 1 aliphatic heterocycles. The summed E-state index contributed by atoms with van der Waals surface area (Å²) in [6.07, 6.45) is 0. The van der Waals surface area contributed by atoms with Gasteiger partial charge in [0.2, 0.25) is 0 Å². The highest BCUT2D eigenvalue weighted by Gasteiger charge is 2.22. The number of amides is 1. The molecule has 140 valence electrons. The summed E-state index contributed by atoms with van der Waals surface area (Å²) in [4.78, 5) is 19.5. The number of hydrogen-bond donors (Lipinski definition) is 1. The summed E-state index contributed by atoms with van der Waals surface area (Å²) in [5.74, 6) is -0.256. The first kappa shape index (κ1) is 17.8. The molecular formula is C19H19ClN4O3. The van der Waals surface area contributed by atoms with Crippen LogP contribution in [0.15, 0.2) is 28.8 Å². The van der Waals surface area contributed by atoms with Gasteiger partial charge < -0.3 is 19.5 Å². The van der Waals surface area contributed by atoms with Gasteiger partial charge in [-0.25, -0.2) is 4.98 Å². The highest BCUT2D eigenvalue weighted by Crippen LogP contribution is 2.35. The number of nitrogens with zero attached hydrogens (tertiary/aromatic N) is 3. The number of pyridine rings is 1. The number of fused-ring (bicyclic) bond motifs is 1. The van der Waals surface area contributed by atoms with E-state index in [1.165, 1.54) is 0 Å². The van der Waals surface area contributed by atoms with Crippen molar-refractivity contribution in [1.29, 1.82) is 0 Å². The maximum atomic E-state index is 13.1. The first-order valence-electron chi connectivity index (χ1n) is 8.71. The summed E-state index contributed by atoms with van der Waals surface area (Å²) in [6.45, 7) is 6.29. The molecule has 4 rings (SSSR count). The normalized spacial score (nSPS) is 14.6. The Hall–Kier alpha value is -2.64. The van der Waals surface area contributed by atoms with Crippen molar-refractivity contribution in [3.63, 3.8) is 0 Å². The van der Waals surface area contributed by atoms with E-state index in [9.17, 15) is 4.79 Å². The Morgan fingerprint density at radius 1 is 1.26 bits per heavy atom. The summed E-state index contributed by atoms with van der Waals surface area (Å²) < 4.78 is 10.6. The lowest BCUT2D eigenvalue weighted by Crippen LogP contribution is -2.37. The quantitative estimate of drug-likeness (QED) is 0.741. The minimum absolute atomic E-state index is 0.256. The van der Waals surface area contributed by atoms with Gasteiger partial charge in [0.25, 0.3) is 11.6 Å². The number of carbonyl (C=O) groups excluding carboxylic acids is 1. The zero-order chi connectivity index (χ0) is 19.0. The molecule has 0 bridgehead atoms.